The van der Waals surface area contributed by atoms with E-state index in [1.54, 1.807) is 25.8 Å². The van der Waals surface area contributed by atoms with E-state index in [-0.39, 0.29) is 29.7 Å². The number of nitro groups is 1. The number of sulfonamides is 1. The lowest BCUT2D eigenvalue weighted by Gasteiger charge is -2.26. The van der Waals surface area contributed by atoms with Crippen molar-refractivity contribution in [2.24, 2.45) is 0 Å². The third-order valence-electron chi connectivity index (χ3n) is 4.92. The molecular formula is C17H25N3O6S. The molecule has 1 aliphatic rings. The second-order valence-corrected chi connectivity index (χ2v) is 8.84. The minimum atomic E-state index is -3.79. The Kier molecular flexibility index (Phi) is 6.55. The van der Waals surface area contributed by atoms with Gasteiger partial charge in [-0.3, -0.25) is 19.8 Å². The molecule has 27 heavy (non-hydrogen) atoms. The van der Waals surface area contributed by atoms with E-state index in [9.17, 15) is 23.3 Å². The number of carbonyl (C=O) groups is 1. The number of nitrogens with zero attached hydrogens (tertiary/aromatic N) is 3. The van der Waals surface area contributed by atoms with Gasteiger partial charge in [0.05, 0.1) is 16.4 Å². The van der Waals surface area contributed by atoms with Crippen LogP contribution in [0.3, 0.4) is 0 Å². The first-order valence-corrected chi connectivity index (χ1v) is 10.2. The molecule has 0 aromatic heterocycles. The topological polar surface area (TPSA) is 121 Å². The fraction of sp³-hybridized carbons (Fsp3) is 0.588. The maximum Gasteiger partial charge on any atom is 0.317 e. The molecule has 1 aliphatic heterocycles. The highest BCUT2D eigenvalue weighted by Crippen LogP contribution is 2.30. The van der Waals surface area contributed by atoms with Gasteiger partial charge >= 0.3 is 5.97 Å². The highest BCUT2D eigenvalue weighted by atomic mass is 32.2. The van der Waals surface area contributed by atoms with Crippen molar-refractivity contribution in [3.05, 3.63) is 33.4 Å². The number of likely N-dealkylation sites (N-methyl/N-ethyl adjacent to an activating group) is 1. The fourth-order valence-electron chi connectivity index (χ4n) is 3.64. The van der Waals surface area contributed by atoms with Crippen LogP contribution in [0.5, 0.6) is 0 Å². The predicted octanol–water partition coefficient (Wildman–Crippen LogP) is 1.77. The molecule has 1 N–H and O–H groups in total. The molecule has 1 fully saturated rings. The molecule has 1 aromatic carbocycles. The van der Waals surface area contributed by atoms with Crippen LogP contribution in [0, 0.1) is 24.0 Å². The molecule has 0 saturated carbocycles. The standard InChI is InChI=1S/C17H25N3O6S/c1-12-9-15(20(23)24)10-13(2)17(12)27(25,26)19-7-4-5-14(6-8-19)18(3)11-16(21)22/h9-10,14H,4-8,11H2,1-3H3,(H,21,22). The van der Waals surface area contributed by atoms with E-state index in [1.165, 1.54) is 16.4 Å². The van der Waals surface area contributed by atoms with Crippen LogP contribution in [-0.4, -0.2) is 66.3 Å². The normalized spacial score (nSPS) is 19.0. The second-order valence-electron chi connectivity index (χ2n) is 6.96. The van der Waals surface area contributed by atoms with Gasteiger partial charge < -0.3 is 5.11 Å². The molecule has 1 saturated heterocycles. The second kappa shape index (κ2) is 8.32. The summed E-state index contributed by atoms with van der Waals surface area (Å²) in [7, 11) is -2.06. The van der Waals surface area contributed by atoms with Gasteiger partial charge in [-0.15, -0.1) is 0 Å². The zero-order valence-electron chi connectivity index (χ0n) is 15.7. The summed E-state index contributed by atoms with van der Waals surface area (Å²) in [6.45, 7) is 3.67. The van der Waals surface area contributed by atoms with Crippen molar-refractivity contribution < 1.29 is 23.2 Å². The molecule has 2 rings (SSSR count). The Morgan fingerprint density at radius 2 is 1.89 bits per heavy atom. The number of aliphatic carboxylic acids is 1. The number of non-ortho nitro benzene ring substituents is 1. The molecule has 0 amide bonds. The quantitative estimate of drug-likeness (QED) is 0.571. The molecule has 150 valence electrons. The molecular weight excluding hydrogens is 374 g/mol. The molecule has 10 heteroatoms. The molecule has 9 nitrogen and oxygen atoms in total. The van der Waals surface area contributed by atoms with Crippen molar-refractivity contribution in [2.75, 3.05) is 26.7 Å². The maximum atomic E-state index is 13.2. The van der Waals surface area contributed by atoms with Crippen LogP contribution >= 0.6 is 0 Å². The van der Waals surface area contributed by atoms with Crippen molar-refractivity contribution >= 4 is 21.7 Å². The lowest BCUT2D eigenvalue weighted by molar-refractivity contribution is -0.385. The minimum Gasteiger partial charge on any atom is -0.480 e. The average molecular weight is 399 g/mol. The van der Waals surface area contributed by atoms with Gasteiger partial charge in [-0.1, -0.05) is 0 Å². The summed E-state index contributed by atoms with van der Waals surface area (Å²) in [5.74, 6) is -0.914. The molecule has 0 aliphatic carbocycles. The van der Waals surface area contributed by atoms with Gasteiger partial charge in [-0.2, -0.15) is 4.31 Å². The van der Waals surface area contributed by atoms with E-state index in [2.05, 4.69) is 0 Å². The Bertz CT molecular complexity index is 816. The van der Waals surface area contributed by atoms with Gasteiger partial charge in [-0.05, 0) is 51.3 Å². The summed E-state index contributed by atoms with van der Waals surface area (Å²) in [5.41, 5.74) is 0.575. The zero-order chi connectivity index (χ0) is 20.4. The lowest BCUT2D eigenvalue weighted by Crippen LogP contribution is -2.37. The number of hydrogen-bond donors (Lipinski definition) is 1. The Balaban J connectivity index is 2.25. The van der Waals surface area contributed by atoms with Crippen molar-refractivity contribution in [3.8, 4) is 0 Å². The van der Waals surface area contributed by atoms with Crippen LogP contribution in [0.1, 0.15) is 30.4 Å². The molecule has 1 heterocycles. The Labute approximate surface area is 158 Å². The van der Waals surface area contributed by atoms with Crippen molar-refractivity contribution in [1.29, 1.82) is 0 Å². The van der Waals surface area contributed by atoms with Gasteiger partial charge in [-0.25, -0.2) is 8.42 Å². The van der Waals surface area contributed by atoms with Crippen LogP contribution in [0.4, 0.5) is 5.69 Å². The van der Waals surface area contributed by atoms with Crippen molar-refractivity contribution in [3.63, 3.8) is 0 Å². The van der Waals surface area contributed by atoms with Gasteiger partial charge in [0.2, 0.25) is 10.0 Å². The van der Waals surface area contributed by atoms with Gasteiger partial charge in [0, 0.05) is 31.3 Å². The van der Waals surface area contributed by atoms with Crippen LogP contribution in [0.25, 0.3) is 0 Å². The molecule has 1 atom stereocenters. The van der Waals surface area contributed by atoms with E-state index < -0.39 is 20.9 Å². The average Bonchev–Trinajstić information content (AvgIpc) is 2.79. The molecule has 0 spiro atoms. The van der Waals surface area contributed by atoms with Gasteiger partial charge in [0.25, 0.3) is 5.69 Å². The fourth-order valence-corrected chi connectivity index (χ4v) is 5.55. The molecule has 1 unspecified atom stereocenters. The molecule has 0 radical (unpaired) electrons. The molecule has 0 bridgehead atoms. The number of benzene rings is 1. The van der Waals surface area contributed by atoms with Crippen LogP contribution < -0.4 is 0 Å². The van der Waals surface area contributed by atoms with E-state index in [0.717, 1.165) is 0 Å². The van der Waals surface area contributed by atoms with Crippen LogP contribution in [0.15, 0.2) is 17.0 Å². The van der Waals surface area contributed by atoms with E-state index in [4.69, 9.17) is 5.11 Å². The smallest absolute Gasteiger partial charge is 0.317 e. The van der Waals surface area contributed by atoms with Crippen LogP contribution in [0.2, 0.25) is 0 Å². The van der Waals surface area contributed by atoms with E-state index in [1.807, 2.05) is 0 Å². The maximum absolute atomic E-state index is 13.2. The summed E-state index contributed by atoms with van der Waals surface area (Å²) < 4.78 is 27.7. The summed E-state index contributed by atoms with van der Waals surface area (Å²) in [6, 6.07) is 2.56. The third kappa shape index (κ3) is 4.82. The largest absolute Gasteiger partial charge is 0.480 e. The summed E-state index contributed by atoms with van der Waals surface area (Å²) in [4.78, 5) is 23.2. The summed E-state index contributed by atoms with van der Waals surface area (Å²) in [5, 5.41) is 19.9. The number of rotatable bonds is 6. The number of hydrogen-bond acceptors (Lipinski definition) is 6. The van der Waals surface area contributed by atoms with E-state index >= 15 is 0 Å². The SMILES string of the molecule is Cc1cc([N+](=O)[O-])cc(C)c1S(=O)(=O)N1CCCC(N(C)CC(=O)O)CC1. The number of carboxylic acids is 1. The number of nitro benzene ring substituents is 1. The predicted molar refractivity (Wildman–Crippen MR) is 99.2 cm³/mol. The Morgan fingerprint density at radius 3 is 2.41 bits per heavy atom. The van der Waals surface area contributed by atoms with Crippen LogP contribution in [-0.2, 0) is 14.8 Å². The Hall–Kier alpha value is -2.04. The first-order chi connectivity index (χ1) is 12.5. The van der Waals surface area contributed by atoms with Crippen molar-refractivity contribution in [1.82, 2.24) is 9.21 Å². The third-order valence-corrected chi connectivity index (χ3v) is 7.12. The Morgan fingerprint density at radius 1 is 1.30 bits per heavy atom. The number of aryl methyl sites for hydroxylation is 2. The van der Waals surface area contributed by atoms with Gasteiger partial charge in [0.1, 0.15) is 0 Å². The van der Waals surface area contributed by atoms with Crippen molar-refractivity contribution in [2.45, 2.75) is 44.0 Å². The highest BCUT2D eigenvalue weighted by molar-refractivity contribution is 7.89. The number of carboxylic acid groups (broad SMARTS) is 1. The summed E-state index contributed by atoms with van der Waals surface area (Å²) >= 11 is 0. The first kappa shape index (κ1) is 21.3. The lowest BCUT2D eigenvalue weighted by atomic mass is 10.1. The minimum absolute atomic E-state index is 0.000328. The molecule has 1 aromatic rings. The van der Waals surface area contributed by atoms with Gasteiger partial charge in [0.15, 0.2) is 0 Å². The zero-order valence-corrected chi connectivity index (χ0v) is 16.5. The summed E-state index contributed by atoms with van der Waals surface area (Å²) in [6.07, 6.45) is 1.88. The van der Waals surface area contributed by atoms with E-state index in [0.29, 0.717) is 36.9 Å². The monoisotopic (exact) mass is 399 g/mol. The highest BCUT2D eigenvalue weighted by Gasteiger charge is 2.32. The first-order valence-electron chi connectivity index (χ1n) is 8.72.